The van der Waals surface area contributed by atoms with Gasteiger partial charge in [-0.05, 0) is 35.9 Å². The van der Waals surface area contributed by atoms with E-state index in [0.717, 1.165) is 16.8 Å². The van der Waals surface area contributed by atoms with Gasteiger partial charge < -0.3 is 21.3 Å². The Morgan fingerprint density at radius 2 is 1.90 bits per heavy atom. The summed E-state index contributed by atoms with van der Waals surface area (Å²) < 4.78 is 0. The molecule has 0 heterocycles. The van der Waals surface area contributed by atoms with Gasteiger partial charge in [-0.2, -0.15) is 0 Å². The number of aliphatic hydroxyl groups excluding tert-OH is 2. The summed E-state index contributed by atoms with van der Waals surface area (Å²) in [7, 11) is 0. The number of rotatable bonds is 6. The zero-order valence-electron chi connectivity index (χ0n) is 11.5. The summed E-state index contributed by atoms with van der Waals surface area (Å²) in [5.74, 6) is 0. The fourth-order valence-corrected chi connectivity index (χ4v) is 1.97. The second-order valence-corrected chi connectivity index (χ2v) is 4.71. The van der Waals surface area contributed by atoms with Crippen LogP contribution in [0.25, 0.3) is 11.1 Å². The van der Waals surface area contributed by atoms with Gasteiger partial charge in [-0.3, -0.25) is 10.7 Å². The van der Waals surface area contributed by atoms with Crippen molar-refractivity contribution in [2.45, 2.75) is 6.10 Å². The smallest absolute Gasteiger partial charge is 0.0942 e. The van der Waals surface area contributed by atoms with Crippen LogP contribution in [0.2, 0.25) is 0 Å². The van der Waals surface area contributed by atoms with E-state index in [-0.39, 0.29) is 13.2 Å². The molecular formula is C15H19N3O3. The van der Waals surface area contributed by atoms with E-state index in [2.05, 4.69) is 10.8 Å². The number of anilines is 3. The van der Waals surface area contributed by atoms with Crippen molar-refractivity contribution in [3.8, 4) is 11.1 Å². The Morgan fingerprint density at radius 3 is 2.62 bits per heavy atom. The van der Waals surface area contributed by atoms with E-state index in [9.17, 15) is 5.11 Å². The van der Waals surface area contributed by atoms with Crippen LogP contribution < -0.4 is 16.5 Å². The Balaban J connectivity index is 2.26. The highest BCUT2D eigenvalue weighted by molar-refractivity contribution is 5.81. The number of nitrogens with two attached hydrogens (primary N) is 1. The molecule has 0 bridgehead atoms. The maximum Gasteiger partial charge on any atom is 0.0942 e. The first-order valence-corrected chi connectivity index (χ1v) is 6.57. The van der Waals surface area contributed by atoms with Crippen LogP contribution in [0, 0.1) is 0 Å². The van der Waals surface area contributed by atoms with Crippen molar-refractivity contribution in [3.63, 3.8) is 0 Å². The summed E-state index contributed by atoms with van der Waals surface area (Å²) in [4.78, 5) is 0. The molecular weight excluding hydrogens is 270 g/mol. The number of benzene rings is 2. The van der Waals surface area contributed by atoms with Crippen LogP contribution in [0.5, 0.6) is 0 Å². The lowest BCUT2D eigenvalue weighted by Gasteiger charge is -2.13. The molecule has 1 unspecified atom stereocenters. The third-order valence-corrected chi connectivity index (χ3v) is 3.11. The molecule has 0 fully saturated rings. The highest BCUT2D eigenvalue weighted by Gasteiger charge is 2.07. The average Bonchev–Trinajstić information content (AvgIpc) is 2.53. The van der Waals surface area contributed by atoms with Gasteiger partial charge in [0.05, 0.1) is 18.4 Å². The molecule has 2 aromatic rings. The molecule has 2 aromatic carbocycles. The first-order chi connectivity index (χ1) is 10.1. The molecule has 21 heavy (non-hydrogen) atoms. The van der Waals surface area contributed by atoms with Crippen LogP contribution in [-0.4, -0.2) is 34.7 Å². The molecule has 0 aliphatic carbocycles. The number of nitrogen functional groups attached to an aromatic ring is 1. The van der Waals surface area contributed by atoms with E-state index in [0.29, 0.717) is 11.4 Å². The second-order valence-electron chi connectivity index (χ2n) is 4.71. The van der Waals surface area contributed by atoms with Gasteiger partial charge in [-0.15, -0.1) is 0 Å². The fraction of sp³-hybridized carbons (Fsp3) is 0.200. The number of aliphatic hydroxyl groups is 2. The third-order valence-electron chi connectivity index (χ3n) is 3.11. The molecule has 1 atom stereocenters. The highest BCUT2D eigenvalue weighted by Crippen LogP contribution is 2.30. The summed E-state index contributed by atoms with van der Waals surface area (Å²) in [6.45, 7) is -0.0445. The van der Waals surface area contributed by atoms with Gasteiger partial charge in [0.2, 0.25) is 0 Å². The van der Waals surface area contributed by atoms with E-state index < -0.39 is 6.10 Å². The molecule has 7 N–H and O–H groups in total. The quantitative estimate of drug-likeness (QED) is 0.355. The summed E-state index contributed by atoms with van der Waals surface area (Å²) in [6, 6.07) is 12.6. The normalized spacial score (nSPS) is 12.0. The van der Waals surface area contributed by atoms with Crippen molar-refractivity contribution in [1.29, 1.82) is 0 Å². The van der Waals surface area contributed by atoms with Crippen molar-refractivity contribution in [2.75, 3.05) is 29.7 Å². The van der Waals surface area contributed by atoms with Crippen LogP contribution in [0.1, 0.15) is 0 Å². The molecule has 0 saturated heterocycles. The maximum absolute atomic E-state index is 9.36. The number of hydrogen-bond donors (Lipinski definition) is 6. The van der Waals surface area contributed by atoms with Gasteiger partial charge in [-0.25, -0.2) is 0 Å². The van der Waals surface area contributed by atoms with Crippen LogP contribution >= 0.6 is 0 Å². The van der Waals surface area contributed by atoms with E-state index in [1.807, 2.05) is 18.2 Å². The lowest BCUT2D eigenvalue weighted by molar-refractivity contribution is 0.105. The SMILES string of the molecule is Nc1ccc(NCC(O)CO)cc1-c1cccc(NO)c1. The molecule has 0 radical (unpaired) electrons. The van der Waals surface area contributed by atoms with Gasteiger partial charge in [0.1, 0.15) is 0 Å². The molecule has 0 aromatic heterocycles. The highest BCUT2D eigenvalue weighted by atomic mass is 16.5. The standard InChI is InChI=1S/C15H19N3O3/c16-15-5-4-11(17-8-13(20)9-19)7-14(15)10-2-1-3-12(6-10)18-21/h1-7,13,17-21H,8-9,16H2. The third kappa shape index (κ3) is 3.85. The van der Waals surface area contributed by atoms with Crippen LogP contribution in [0.3, 0.4) is 0 Å². The topological polar surface area (TPSA) is 111 Å². The Bertz CT molecular complexity index is 604. The van der Waals surface area contributed by atoms with Crippen LogP contribution in [0.15, 0.2) is 42.5 Å². The number of nitrogens with one attached hydrogen (secondary N) is 2. The van der Waals surface area contributed by atoms with E-state index >= 15 is 0 Å². The summed E-state index contributed by atoms with van der Waals surface area (Å²) >= 11 is 0. The average molecular weight is 289 g/mol. The van der Waals surface area contributed by atoms with Gasteiger partial charge in [-0.1, -0.05) is 12.1 Å². The fourth-order valence-electron chi connectivity index (χ4n) is 1.97. The minimum absolute atomic E-state index is 0.248. The lowest BCUT2D eigenvalue weighted by atomic mass is 10.0. The molecule has 0 aliphatic heterocycles. The van der Waals surface area contributed by atoms with Crippen LogP contribution in [-0.2, 0) is 0 Å². The molecule has 0 saturated carbocycles. The first kappa shape index (κ1) is 15.1. The zero-order valence-corrected chi connectivity index (χ0v) is 11.5. The Hall–Kier alpha value is -2.28. The Kier molecular flexibility index (Phi) is 4.99. The van der Waals surface area contributed by atoms with Gasteiger partial charge in [0.15, 0.2) is 0 Å². The minimum Gasteiger partial charge on any atom is -0.398 e. The van der Waals surface area contributed by atoms with Crippen molar-refractivity contribution in [3.05, 3.63) is 42.5 Å². The molecule has 0 spiro atoms. The van der Waals surface area contributed by atoms with Crippen molar-refractivity contribution in [1.82, 2.24) is 0 Å². The predicted molar refractivity (Wildman–Crippen MR) is 83.3 cm³/mol. The summed E-state index contributed by atoms with van der Waals surface area (Å²) in [5.41, 5.74) is 11.7. The molecule has 0 aliphatic rings. The lowest BCUT2D eigenvalue weighted by Crippen LogP contribution is -2.22. The van der Waals surface area contributed by atoms with Crippen molar-refractivity contribution in [2.24, 2.45) is 0 Å². The van der Waals surface area contributed by atoms with Gasteiger partial charge in [0.25, 0.3) is 0 Å². The van der Waals surface area contributed by atoms with Crippen LogP contribution in [0.4, 0.5) is 17.1 Å². The molecule has 0 amide bonds. The van der Waals surface area contributed by atoms with Crippen molar-refractivity contribution >= 4 is 17.1 Å². The largest absolute Gasteiger partial charge is 0.398 e. The minimum atomic E-state index is -0.812. The van der Waals surface area contributed by atoms with Crippen molar-refractivity contribution < 1.29 is 15.4 Å². The first-order valence-electron chi connectivity index (χ1n) is 6.57. The monoisotopic (exact) mass is 289 g/mol. The maximum atomic E-state index is 9.36. The molecule has 112 valence electrons. The molecule has 6 nitrogen and oxygen atoms in total. The molecule has 6 heteroatoms. The zero-order chi connectivity index (χ0) is 15.2. The molecule has 2 rings (SSSR count). The summed E-state index contributed by atoms with van der Waals surface area (Å²) in [6.07, 6.45) is -0.812. The van der Waals surface area contributed by atoms with E-state index in [1.165, 1.54) is 0 Å². The van der Waals surface area contributed by atoms with Gasteiger partial charge in [0, 0.05) is 23.5 Å². The Morgan fingerprint density at radius 1 is 1.10 bits per heavy atom. The second kappa shape index (κ2) is 6.94. The predicted octanol–water partition coefficient (Wildman–Crippen LogP) is 1.50. The summed E-state index contributed by atoms with van der Waals surface area (Å²) in [5, 5.41) is 30.2. The van der Waals surface area contributed by atoms with E-state index in [1.54, 1.807) is 24.3 Å². The Labute approximate surface area is 122 Å². The van der Waals surface area contributed by atoms with Gasteiger partial charge >= 0.3 is 0 Å². The van der Waals surface area contributed by atoms with E-state index in [4.69, 9.17) is 16.0 Å². The number of hydrogen-bond acceptors (Lipinski definition) is 6.